The molecule has 2 heterocycles. The summed E-state index contributed by atoms with van der Waals surface area (Å²) in [6.45, 7) is 0. The van der Waals surface area contributed by atoms with Crippen LogP contribution in [0.5, 0.6) is 0 Å². The number of hydrogen-bond acceptors (Lipinski definition) is 2. The number of likely N-dealkylation sites (tertiary alicyclic amines) is 2. The highest BCUT2D eigenvalue weighted by molar-refractivity contribution is 5.09. The predicted molar refractivity (Wildman–Crippen MR) is 209 cm³/mol. The maximum atomic E-state index is 3.28. The first-order valence-corrected chi connectivity index (χ1v) is 24.4. The summed E-state index contributed by atoms with van der Waals surface area (Å²) in [5, 5.41) is 0. The van der Waals surface area contributed by atoms with Crippen LogP contribution in [0.15, 0.2) is 0 Å². The zero-order chi connectivity index (χ0) is 33.0. The topological polar surface area (TPSA) is 6.48 Å². The summed E-state index contributed by atoms with van der Waals surface area (Å²) in [5.41, 5.74) is 0. The van der Waals surface area contributed by atoms with Crippen molar-refractivity contribution in [3.05, 3.63) is 0 Å². The minimum absolute atomic E-state index is 0.958. The first-order chi connectivity index (χ1) is 24.8. The van der Waals surface area contributed by atoms with Crippen molar-refractivity contribution in [3.8, 4) is 0 Å². The molecule has 0 aromatic heterocycles. The lowest BCUT2D eigenvalue weighted by molar-refractivity contribution is -0.0148. The van der Waals surface area contributed by atoms with Gasteiger partial charge in [-0.3, -0.25) is 9.80 Å². The van der Waals surface area contributed by atoms with E-state index < -0.39 is 0 Å². The van der Waals surface area contributed by atoms with Gasteiger partial charge in [0.2, 0.25) is 0 Å². The van der Waals surface area contributed by atoms with Gasteiger partial charge in [0.15, 0.2) is 0 Å². The van der Waals surface area contributed by atoms with Crippen LogP contribution in [0.1, 0.15) is 205 Å². The van der Waals surface area contributed by atoms with Crippen LogP contribution in [0, 0.1) is 59.2 Å². The lowest BCUT2D eigenvalue weighted by Gasteiger charge is -2.51. The molecule has 14 unspecified atom stereocenters. The highest BCUT2D eigenvalue weighted by atomic mass is 15.3. The van der Waals surface area contributed by atoms with E-state index in [0.717, 1.165) is 95.4 Å². The Morgan fingerprint density at radius 1 is 0.220 bits per heavy atom. The zero-order valence-electron chi connectivity index (χ0n) is 32.8. The minimum atomic E-state index is 0.958. The first kappa shape index (κ1) is 34.4. The van der Waals surface area contributed by atoms with Crippen molar-refractivity contribution in [2.45, 2.75) is 242 Å². The summed E-state index contributed by atoms with van der Waals surface area (Å²) in [6, 6.07) is 5.83. The minimum Gasteiger partial charge on any atom is -0.294 e. The maximum Gasteiger partial charge on any atom is 0.0133 e. The maximum absolute atomic E-state index is 3.28. The molecular formula is C48H80N2. The Kier molecular flexibility index (Phi) is 10.5. The highest BCUT2D eigenvalue weighted by Gasteiger charge is 2.56. The highest BCUT2D eigenvalue weighted by Crippen LogP contribution is 2.59. The number of hydrogen-bond donors (Lipinski definition) is 0. The van der Waals surface area contributed by atoms with Crippen molar-refractivity contribution >= 4 is 0 Å². The molecule has 282 valence electrons. The average Bonchev–Trinajstić information content (AvgIpc) is 3.71. The van der Waals surface area contributed by atoms with Gasteiger partial charge >= 0.3 is 0 Å². The molecule has 0 bridgehead atoms. The van der Waals surface area contributed by atoms with E-state index >= 15 is 0 Å². The summed E-state index contributed by atoms with van der Waals surface area (Å²) < 4.78 is 0. The van der Waals surface area contributed by atoms with Gasteiger partial charge in [0.25, 0.3) is 0 Å². The van der Waals surface area contributed by atoms with Crippen molar-refractivity contribution in [2.24, 2.45) is 59.2 Å². The summed E-state index contributed by atoms with van der Waals surface area (Å²) in [4.78, 5) is 6.57. The molecule has 10 rings (SSSR count). The third-order valence-electron chi connectivity index (χ3n) is 19.5. The number of rotatable bonds is 5. The Bertz CT molecular complexity index is 1020. The first-order valence-electron chi connectivity index (χ1n) is 24.4. The molecule has 14 atom stereocenters. The smallest absolute Gasteiger partial charge is 0.0133 e. The number of nitrogens with zero attached hydrogens (tertiary/aromatic N) is 2. The van der Waals surface area contributed by atoms with Gasteiger partial charge in [-0.05, 0) is 175 Å². The molecule has 2 aliphatic heterocycles. The van der Waals surface area contributed by atoms with Crippen molar-refractivity contribution in [3.63, 3.8) is 0 Å². The predicted octanol–water partition coefficient (Wildman–Crippen LogP) is 12.6. The molecule has 0 amide bonds. The average molecular weight is 685 g/mol. The van der Waals surface area contributed by atoms with Crippen molar-refractivity contribution in [1.29, 1.82) is 0 Å². The standard InChI is InChI=1S/C48H80N2/c1-3-15-35(16-4-1)49-45-25-13-11-23-41(45)43-31-33(27-29-47(43)49)37-19-7-9-21-39(37)40-22-10-8-20-38(40)34-28-30-48-44(32-34)42-24-12-14-26-46(42)50(48)36-17-5-2-6-18-36/h33-48H,1-32H2. The fourth-order valence-electron chi connectivity index (χ4n) is 17.8. The van der Waals surface area contributed by atoms with Crippen LogP contribution in [0.4, 0.5) is 0 Å². The van der Waals surface area contributed by atoms with Gasteiger partial charge in [0, 0.05) is 36.3 Å². The van der Waals surface area contributed by atoms with E-state index in [4.69, 9.17) is 0 Å². The summed E-state index contributed by atoms with van der Waals surface area (Å²) in [7, 11) is 0. The fraction of sp³-hybridized carbons (Fsp3) is 1.00. The molecule has 0 radical (unpaired) electrons. The molecule has 10 fully saturated rings. The Morgan fingerprint density at radius 2 is 0.540 bits per heavy atom. The number of fused-ring (bicyclic) bond motifs is 6. The second kappa shape index (κ2) is 15.2. The molecule has 2 saturated heterocycles. The fourth-order valence-corrected chi connectivity index (χ4v) is 17.8. The van der Waals surface area contributed by atoms with E-state index in [1.54, 1.807) is 128 Å². The van der Waals surface area contributed by atoms with Crippen LogP contribution >= 0.6 is 0 Å². The summed E-state index contributed by atoms with van der Waals surface area (Å²) in [5.74, 6) is 10.8. The Morgan fingerprint density at radius 3 is 0.960 bits per heavy atom. The lowest BCUT2D eigenvalue weighted by atomic mass is 9.55. The SMILES string of the molecule is C1CCC(N2C3CCCCC3C3CC(C4CCCCC4C4CCCCC4C4CCC5C(C4)C4CCCCC4N5C4CCCCC4)CCC32)CC1. The Hall–Kier alpha value is -0.0800. The molecule has 2 nitrogen and oxygen atoms in total. The zero-order valence-corrected chi connectivity index (χ0v) is 32.8. The summed E-state index contributed by atoms with van der Waals surface area (Å²) >= 11 is 0. The van der Waals surface area contributed by atoms with Crippen molar-refractivity contribution in [2.75, 3.05) is 0 Å². The van der Waals surface area contributed by atoms with Gasteiger partial charge in [-0.1, -0.05) is 89.9 Å². The van der Waals surface area contributed by atoms with E-state index in [9.17, 15) is 0 Å². The van der Waals surface area contributed by atoms with E-state index in [0.29, 0.717) is 0 Å². The third-order valence-corrected chi connectivity index (χ3v) is 19.5. The van der Waals surface area contributed by atoms with Gasteiger partial charge in [0.05, 0.1) is 0 Å². The van der Waals surface area contributed by atoms with Crippen LogP contribution in [0.2, 0.25) is 0 Å². The molecule has 8 saturated carbocycles. The monoisotopic (exact) mass is 685 g/mol. The van der Waals surface area contributed by atoms with Crippen LogP contribution in [0.25, 0.3) is 0 Å². The molecular weight excluding hydrogens is 605 g/mol. The molecule has 2 heteroatoms. The normalized spacial score (nSPS) is 49.9. The molecule has 0 aromatic carbocycles. The van der Waals surface area contributed by atoms with E-state index in [1.807, 2.05) is 0 Å². The van der Waals surface area contributed by atoms with Crippen molar-refractivity contribution in [1.82, 2.24) is 9.80 Å². The second-order valence-corrected chi connectivity index (χ2v) is 21.3. The largest absolute Gasteiger partial charge is 0.294 e. The van der Waals surface area contributed by atoms with E-state index in [-0.39, 0.29) is 0 Å². The van der Waals surface area contributed by atoms with Gasteiger partial charge in [0.1, 0.15) is 0 Å². The second-order valence-electron chi connectivity index (χ2n) is 21.3. The molecule has 0 aromatic rings. The molecule has 0 N–H and O–H groups in total. The molecule has 10 aliphatic rings. The lowest BCUT2D eigenvalue weighted by Crippen LogP contribution is -2.49. The van der Waals surface area contributed by atoms with Crippen LogP contribution in [-0.2, 0) is 0 Å². The van der Waals surface area contributed by atoms with Gasteiger partial charge in [-0.2, -0.15) is 0 Å². The quantitative estimate of drug-likeness (QED) is 0.284. The molecule has 50 heavy (non-hydrogen) atoms. The van der Waals surface area contributed by atoms with E-state index in [2.05, 4.69) is 9.80 Å². The van der Waals surface area contributed by atoms with Crippen LogP contribution in [-0.4, -0.2) is 46.1 Å². The van der Waals surface area contributed by atoms with Crippen LogP contribution in [0.3, 0.4) is 0 Å². The third kappa shape index (κ3) is 6.25. The van der Waals surface area contributed by atoms with Gasteiger partial charge < -0.3 is 0 Å². The Labute approximate surface area is 309 Å². The Balaban J connectivity index is 0.856. The van der Waals surface area contributed by atoms with Gasteiger partial charge in [-0.25, -0.2) is 0 Å². The van der Waals surface area contributed by atoms with Crippen molar-refractivity contribution < 1.29 is 0 Å². The van der Waals surface area contributed by atoms with E-state index in [1.165, 1.54) is 77.0 Å². The van der Waals surface area contributed by atoms with Crippen LogP contribution < -0.4 is 0 Å². The molecule has 0 spiro atoms. The molecule has 8 aliphatic carbocycles. The summed E-state index contributed by atoms with van der Waals surface area (Å²) in [6.07, 6.45) is 50.1. The van der Waals surface area contributed by atoms with Gasteiger partial charge in [-0.15, -0.1) is 0 Å².